The number of nitrogens with zero attached hydrogens (tertiary/aromatic N) is 1. The molecule has 0 saturated heterocycles. The van der Waals surface area contributed by atoms with Crippen LogP contribution in [-0.4, -0.2) is 0 Å². The van der Waals surface area contributed by atoms with Crippen molar-refractivity contribution in [1.82, 2.24) is 0 Å². The first kappa shape index (κ1) is 15.6. The van der Waals surface area contributed by atoms with E-state index in [0.29, 0.717) is 30.3 Å². The van der Waals surface area contributed by atoms with Crippen LogP contribution in [0.1, 0.15) is 16.7 Å². The second-order valence-electron chi connectivity index (χ2n) is 5.29. The van der Waals surface area contributed by atoms with Crippen molar-refractivity contribution in [3.8, 4) is 17.6 Å². The average molecular weight is 315 g/mol. The van der Waals surface area contributed by atoms with Gasteiger partial charge in [0, 0.05) is 0 Å². The van der Waals surface area contributed by atoms with Gasteiger partial charge in [0.2, 0.25) is 0 Å². The van der Waals surface area contributed by atoms with E-state index in [1.54, 1.807) is 12.1 Å². The van der Waals surface area contributed by atoms with Crippen molar-refractivity contribution in [3.63, 3.8) is 0 Å². The number of benzene rings is 3. The summed E-state index contributed by atoms with van der Waals surface area (Å²) in [4.78, 5) is 0. The monoisotopic (exact) mass is 315 g/mol. The zero-order valence-electron chi connectivity index (χ0n) is 13.2. The highest BCUT2D eigenvalue weighted by molar-refractivity contribution is 5.52. The lowest BCUT2D eigenvalue weighted by molar-refractivity contribution is 0.288. The molecule has 3 heteroatoms. The molecular weight excluding hydrogens is 298 g/mol. The van der Waals surface area contributed by atoms with Crippen LogP contribution in [0.3, 0.4) is 0 Å². The molecular formula is C21H17NO2. The third-order valence-corrected chi connectivity index (χ3v) is 3.57. The summed E-state index contributed by atoms with van der Waals surface area (Å²) in [6.45, 7) is 0.829. The van der Waals surface area contributed by atoms with Crippen molar-refractivity contribution in [3.05, 3.63) is 95.6 Å². The van der Waals surface area contributed by atoms with Crippen molar-refractivity contribution in [2.24, 2.45) is 0 Å². The molecule has 24 heavy (non-hydrogen) atoms. The molecule has 0 aliphatic rings. The minimum atomic E-state index is 0.414. The number of hydrogen-bond donors (Lipinski definition) is 0. The van der Waals surface area contributed by atoms with Gasteiger partial charge in [-0.3, -0.25) is 0 Å². The molecule has 0 unspecified atom stereocenters. The number of hydrogen-bond acceptors (Lipinski definition) is 3. The fourth-order valence-electron chi connectivity index (χ4n) is 2.33. The molecule has 0 atom stereocenters. The third-order valence-electron chi connectivity index (χ3n) is 3.57. The molecule has 0 saturated carbocycles. The smallest absolute Gasteiger partial charge is 0.141 e. The Morgan fingerprint density at radius 3 is 1.50 bits per heavy atom. The van der Waals surface area contributed by atoms with Gasteiger partial charge in [0.05, 0.1) is 0 Å². The summed E-state index contributed by atoms with van der Waals surface area (Å²) in [6.07, 6.45) is 0. The average Bonchev–Trinajstić information content (AvgIpc) is 2.66. The molecule has 0 aliphatic heterocycles. The van der Waals surface area contributed by atoms with Crippen molar-refractivity contribution >= 4 is 0 Å². The van der Waals surface area contributed by atoms with E-state index < -0.39 is 0 Å². The van der Waals surface area contributed by atoms with Crippen LogP contribution < -0.4 is 9.47 Å². The van der Waals surface area contributed by atoms with E-state index >= 15 is 0 Å². The van der Waals surface area contributed by atoms with Crippen LogP contribution in [0.2, 0.25) is 0 Å². The summed E-state index contributed by atoms with van der Waals surface area (Å²) in [5, 5.41) is 9.48. The minimum absolute atomic E-state index is 0.414. The first-order valence-corrected chi connectivity index (χ1v) is 7.73. The molecule has 3 aromatic carbocycles. The number of nitriles is 1. The Morgan fingerprint density at radius 1 is 0.625 bits per heavy atom. The van der Waals surface area contributed by atoms with E-state index in [-0.39, 0.29) is 0 Å². The van der Waals surface area contributed by atoms with Gasteiger partial charge in [-0.25, -0.2) is 0 Å². The normalized spacial score (nSPS) is 9.96. The van der Waals surface area contributed by atoms with Crippen molar-refractivity contribution in [2.75, 3.05) is 0 Å². The molecule has 0 amide bonds. The van der Waals surface area contributed by atoms with Gasteiger partial charge < -0.3 is 9.47 Å². The van der Waals surface area contributed by atoms with Gasteiger partial charge in [-0.1, -0.05) is 66.7 Å². The largest absolute Gasteiger partial charge is 0.487 e. The lowest BCUT2D eigenvalue weighted by atomic mass is 10.2. The first-order chi connectivity index (χ1) is 11.9. The maximum absolute atomic E-state index is 9.48. The van der Waals surface area contributed by atoms with Gasteiger partial charge in [-0.15, -0.1) is 0 Å². The minimum Gasteiger partial charge on any atom is -0.487 e. The first-order valence-electron chi connectivity index (χ1n) is 7.73. The highest BCUT2D eigenvalue weighted by Crippen LogP contribution is 2.29. The van der Waals surface area contributed by atoms with Crippen LogP contribution in [-0.2, 0) is 13.2 Å². The van der Waals surface area contributed by atoms with Crippen LogP contribution in [0.25, 0.3) is 0 Å². The van der Waals surface area contributed by atoms with Crippen molar-refractivity contribution < 1.29 is 9.47 Å². The Hall–Kier alpha value is -3.25. The Labute approximate surface area is 141 Å². The predicted molar refractivity (Wildman–Crippen MR) is 92.7 cm³/mol. The van der Waals surface area contributed by atoms with Crippen LogP contribution >= 0.6 is 0 Å². The lowest BCUT2D eigenvalue weighted by Gasteiger charge is -2.12. The molecule has 3 nitrogen and oxygen atoms in total. The molecule has 0 spiro atoms. The molecule has 0 heterocycles. The van der Waals surface area contributed by atoms with Gasteiger partial charge in [0.25, 0.3) is 0 Å². The highest BCUT2D eigenvalue weighted by atomic mass is 16.5. The van der Waals surface area contributed by atoms with Crippen LogP contribution in [0.4, 0.5) is 0 Å². The Balaban J connectivity index is 1.72. The Morgan fingerprint density at radius 2 is 1.08 bits per heavy atom. The summed E-state index contributed by atoms with van der Waals surface area (Å²) < 4.78 is 11.6. The Kier molecular flexibility index (Phi) is 5.11. The van der Waals surface area contributed by atoms with Crippen LogP contribution in [0, 0.1) is 11.3 Å². The zero-order chi connectivity index (χ0) is 16.6. The van der Waals surface area contributed by atoms with Gasteiger partial charge in [0.15, 0.2) is 0 Å². The van der Waals surface area contributed by atoms with E-state index in [2.05, 4.69) is 6.07 Å². The van der Waals surface area contributed by atoms with E-state index in [1.165, 1.54) is 0 Å². The molecule has 3 aromatic rings. The zero-order valence-corrected chi connectivity index (χ0v) is 13.2. The van der Waals surface area contributed by atoms with Crippen molar-refractivity contribution in [1.29, 1.82) is 5.26 Å². The summed E-state index contributed by atoms with van der Waals surface area (Å²) in [7, 11) is 0. The van der Waals surface area contributed by atoms with Gasteiger partial charge >= 0.3 is 0 Å². The second-order valence-corrected chi connectivity index (χ2v) is 5.29. The van der Waals surface area contributed by atoms with E-state index in [4.69, 9.17) is 9.47 Å². The summed E-state index contributed by atoms with van der Waals surface area (Å²) in [5.41, 5.74) is 2.53. The summed E-state index contributed by atoms with van der Waals surface area (Å²) in [5.74, 6) is 1.07. The molecule has 118 valence electrons. The highest BCUT2D eigenvalue weighted by Gasteiger charge is 2.11. The SMILES string of the molecule is N#Cc1c(OCc2ccccc2)cccc1OCc1ccccc1. The molecule has 0 fully saturated rings. The van der Waals surface area contributed by atoms with E-state index in [9.17, 15) is 5.26 Å². The van der Waals surface area contributed by atoms with Gasteiger partial charge in [-0.2, -0.15) is 5.26 Å². The maximum atomic E-state index is 9.48. The summed E-state index contributed by atoms with van der Waals surface area (Å²) in [6, 6.07) is 27.3. The van der Waals surface area contributed by atoms with Gasteiger partial charge in [0.1, 0.15) is 36.3 Å². The number of ether oxygens (including phenoxy) is 2. The molecule has 0 bridgehead atoms. The lowest BCUT2D eigenvalue weighted by Crippen LogP contribution is -2.01. The topological polar surface area (TPSA) is 42.2 Å². The van der Waals surface area contributed by atoms with Crippen LogP contribution in [0.5, 0.6) is 11.5 Å². The molecule has 0 radical (unpaired) electrons. The predicted octanol–water partition coefficient (Wildman–Crippen LogP) is 4.72. The second kappa shape index (κ2) is 7.85. The quantitative estimate of drug-likeness (QED) is 0.661. The fourth-order valence-corrected chi connectivity index (χ4v) is 2.33. The van der Waals surface area contributed by atoms with E-state index in [1.807, 2.05) is 66.7 Å². The van der Waals surface area contributed by atoms with Gasteiger partial charge in [-0.05, 0) is 23.3 Å². The standard InChI is InChI=1S/C21H17NO2/c22-14-19-20(23-15-17-8-3-1-4-9-17)12-7-13-21(19)24-16-18-10-5-2-6-11-18/h1-13H,15-16H2. The fraction of sp³-hybridized carbons (Fsp3) is 0.0952. The molecule has 0 aliphatic carbocycles. The van der Waals surface area contributed by atoms with Crippen molar-refractivity contribution in [2.45, 2.75) is 13.2 Å². The molecule has 3 rings (SSSR count). The van der Waals surface area contributed by atoms with Crippen LogP contribution in [0.15, 0.2) is 78.9 Å². The maximum Gasteiger partial charge on any atom is 0.141 e. The van der Waals surface area contributed by atoms with E-state index in [0.717, 1.165) is 11.1 Å². The third kappa shape index (κ3) is 3.93. The number of rotatable bonds is 6. The molecule has 0 N–H and O–H groups in total. The Bertz CT molecular complexity index is 762. The molecule has 0 aromatic heterocycles. The summed E-state index contributed by atoms with van der Waals surface area (Å²) >= 11 is 0.